The van der Waals surface area contributed by atoms with E-state index in [2.05, 4.69) is 5.32 Å². The SMILES string of the molecule is COc1ccc(Cl)cc1-c1ccc2c(c1)C(=O)N1CCN(C(=O)C(N)=O)C[C@@H]1C(=O)N2. The molecule has 31 heavy (non-hydrogen) atoms. The standard InChI is InChI=1S/C21H19ClN4O5/c1-31-17-5-3-12(22)9-13(17)11-2-4-15-14(8-11)20(29)26-7-6-25(21(30)18(23)27)10-16(26)19(28)24-15/h2-5,8-9,16H,6-7,10H2,1H3,(H2,23,27)(H,24,28)/t16-/m1/s1. The molecule has 2 aliphatic heterocycles. The van der Waals surface area contributed by atoms with Gasteiger partial charge < -0.3 is 25.6 Å². The minimum Gasteiger partial charge on any atom is -0.496 e. The molecule has 0 aliphatic carbocycles. The Morgan fingerprint density at radius 3 is 2.61 bits per heavy atom. The van der Waals surface area contributed by atoms with Gasteiger partial charge in [-0.1, -0.05) is 17.7 Å². The highest BCUT2D eigenvalue weighted by Crippen LogP contribution is 2.36. The molecule has 1 atom stereocenters. The van der Waals surface area contributed by atoms with Crippen LogP contribution in [0.4, 0.5) is 5.69 Å². The molecule has 1 saturated heterocycles. The van der Waals surface area contributed by atoms with Crippen LogP contribution in [0.5, 0.6) is 5.75 Å². The predicted octanol–water partition coefficient (Wildman–Crippen LogP) is 1.11. The van der Waals surface area contributed by atoms with Gasteiger partial charge in [0.15, 0.2) is 0 Å². The van der Waals surface area contributed by atoms with E-state index < -0.39 is 23.8 Å². The van der Waals surface area contributed by atoms with Crippen LogP contribution in [-0.4, -0.2) is 66.2 Å². The number of benzene rings is 2. The summed E-state index contributed by atoms with van der Waals surface area (Å²) in [5, 5.41) is 3.26. The van der Waals surface area contributed by atoms with Gasteiger partial charge in [0.05, 0.1) is 24.9 Å². The summed E-state index contributed by atoms with van der Waals surface area (Å²) in [4.78, 5) is 51.9. The second-order valence-corrected chi connectivity index (χ2v) is 7.66. The van der Waals surface area contributed by atoms with Crippen molar-refractivity contribution < 1.29 is 23.9 Å². The van der Waals surface area contributed by atoms with Gasteiger partial charge in [-0.05, 0) is 35.9 Å². The first-order valence-electron chi connectivity index (χ1n) is 9.48. The Morgan fingerprint density at radius 1 is 1.13 bits per heavy atom. The van der Waals surface area contributed by atoms with Crippen LogP contribution >= 0.6 is 11.6 Å². The molecule has 0 aromatic heterocycles. The van der Waals surface area contributed by atoms with Crippen LogP contribution in [0.3, 0.4) is 0 Å². The third-order valence-electron chi connectivity index (χ3n) is 5.42. The maximum absolute atomic E-state index is 13.3. The summed E-state index contributed by atoms with van der Waals surface area (Å²) < 4.78 is 5.41. The zero-order chi connectivity index (χ0) is 22.3. The molecule has 0 radical (unpaired) electrons. The number of nitrogens with zero attached hydrogens (tertiary/aromatic N) is 2. The lowest BCUT2D eigenvalue weighted by molar-refractivity contribution is -0.146. The highest BCUT2D eigenvalue weighted by molar-refractivity contribution is 6.34. The van der Waals surface area contributed by atoms with Gasteiger partial charge in [-0.15, -0.1) is 0 Å². The van der Waals surface area contributed by atoms with Gasteiger partial charge in [0.1, 0.15) is 11.8 Å². The predicted molar refractivity (Wildman–Crippen MR) is 113 cm³/mol. The van der Waals surface area contributed by atoms with E-state index in [-0.39, 0.29) is 25.5 Å². The molecule has 2 aromatic carbocycles. The van der Waals surface area contributed by atoms with E-state index in [1.807, 2.05) is 0 Å². The Hall–Kier alpha value is -3.59. The van der Waals surface area contributed by atoms with Crippen molar-refractivity contribution in [3.8, 4) is 16.9 Å². The molecule has 10 heteroatoms. The quantitative estimate of drug-likeness (QED) is 0.674. The molecule has 4 amide bonds. The number of hydrogen-bond donors (Lipinski definition) is 2. The second-order valence-electron chi connectivity index (χ2n) is 7.22. The van der Waals surface area contributed by atoms with Crippen molar-refractivity contribution in [1.82, 2.24) is 9.80 Å². The Balaban J connectivity index is 1.71. The second kappa shape index (κ2) is 7.92. The average molecular weight is 443 g/mol. The number of halogens is 1. The smallest absolute Gasteiger partial charge is 0.311 e. The number of anilines is 1. The van der Waals surface area contributed by atoms with Crippen molar-refractivity contribution in [2.24, 2.45) is 5.73 Å². The fourth-order valence-electron chi connectivity index (χ4n) is 3.86. The first-order valence-corrected chi connectivity index (χ1v) is 9.86. The van der Waals surface area contributed by atoms with E-state index in [0.29, 0.717) is 33.1 Å². The summed E-state index contributed by atoms with van der Waals surface area (Å²) in [5.74, 6) is -2.19. The lowest BCUT2D eigenvalue weighted by atomic mass is 10.00. The minimum atomic E-state index is -1.10. The number of nitrogens with one attached hydrogen (secondary N) is 1. The van der Waals surface area contributed by atoms with Crippen LogP contribution in [0.1, 0.15) is 10.4 Å². The van der Waals surface area contributed by atoms with Gasteiger partial charge in [0.25, 0.3) is 5.91 Å². The third-order valence-corrected chi connectivity index (χ3v) is 5.66. The first-order chi connectivity index (χ1) is 14.8. The minimum absolute atomic E-state index is 0.0973. The fraction of sp³-hybridized carbons (Fsp3) is 0.238. The third kappa shape index (κ3) is 3.68. The number of methoxy groups -OCH3 is 1. The fourth-order valence-corrected chi connectivity index (χ4v) is 4.04. The number of ether oxygens (including phenoxy) is 1. The van der Waals surface area contributed by atoms with Crippen molar-refractivity contribution in [2.45, 2.75) is 6.04 Å². The van der Waals surface area contributed by atoms with Crippen LogP contribution in [-0.2, 0) is 14.4 Å². The Kier molecular flexibility index (Phi) is 5.28. The van der Waals surface area contributed by atoms with Crippen molar-refractivity contribution in [3.05, 3.63) is 47.0 Å². The number of rotatable bonds is 2. The first kappa shape index (κ1) is 20.7. The molecule has 2 heterocycles. The summed E-state index contributed by atoms with van der Waals surface area (Å²) in [6.45, 7) is 0.0941. The largest absolute Gasteiger partial charge is 0.496 e. The maximum atomic E-state index is 13.3. The molecule has 0 bridgehead atoms. The van der Waals surface area contributed by atoms with Crippen LogP contribution in [0, 0.1) is 0 Å². The highest BCUT2D eigenvalue weighted by atomic mass is 35.5. The Labute approximate surface area is 182 Å². The number of nitrogens with two attached hydrogens (primary N) is 1. The summed E-state index contributed by atoms with van der Waals surface area (Å²) >= 11 is 6.14. The molecule has 1 fully saturated rings. The van der Waals surface area contributed by atoms with Crippen LogP contribution < -0.4 is 15.8 Å². The summed E-state index contributed by atoms with van der Waals surface area (Å²) in [5.41, 5.74) is 7.14. The molecular weight excluding hydrogens is 424 g/mol. The van der Waals surface area contributed by atoms with Crippen molar-refractivity contribution >= 4 is 40.9 Å². The number of carbonyl (C=O) groups is 4. The number of hydrogen-bond acceptors (Lipinski definition) is 5. The van der Waals surface area contributed by atoms with E-state index >= 15 is 0 Å². The number of piperazine rings is 1. The molecule has 160 valence electrons. The molecule has 0 spiro atoms. The van der Waals surface area contributed by atoms with Crippen molar-refractivity contribution in [3.63, 3.8) is 0 Å². The zero-order valence-corrected chi connectivity index (χ0v) is 17.3. The summed E-state index contributed by atoms with van der Waals surface area (Å²) in [6, 6.07) is 9.32. The van der Waals surface area contributed by atoms with E-state index in [1.165, 1.54) is 9.80 Å². The molecule has 0 unspecified atom stereocenters. The van der Waals surface area contributed by atoms with Crippen LogP contribution in [0.25, 0.3) is 11.1 Å². The molecule has 0 saturated carbocycles. The summed E-state index contributed by atoms with van der Waals surface area (Å²) in [6.07, 6.45) is 0. The van der Waals surface area contributed by atoms with Crippen LogP contribution in [0.2, 0.25) is 5.02 Å². The lowest BCUT2D eigenvalue weighted by Crippen LogP contribution is -2.60. The molecule has 9 nitrogen and oxygen atoms in total. The molecule has 3 N–H and O–H groups in total. The van der Waals surface area contributed by atoms with Crippen molar-refractivity contribution in [2.75, 3.05) is 32.1 Å². The van der Waals surface area contributed by atoms with Gasteiger partial charge in [-0.3, -0.25) is 19.2 Å². The summed E-state index contributed by atoms with van der Waals surface area (Å²) in [7, 11) is 1.54. The van der Waals surface area contributed by atoms with E-state index in [9.17, 15) is 19.2 Å². The molecule has 2 aromatic rings. The Morgan fingerprint density at radius 2 is 1.90 bits per heavy atom. The lowest BCUT2D eigenvalue weighted by Gasteiger charge is -2.38. The van der Waals surface area contributed by atoms with Gasteiger partial charge in [-0.25, -0.2) is 0 Å². The Bertz CT molecular complexity index is 1120. The van der Waals surface area contributed by atoms with E-state index in [4.69, 9.17) is 22.1 Å². The number of fused-ring (bicyclic) bond motifs is 2. The van der Waals surface area contributed by atoms with Gasteiger partial charge >= 0.3 is 11.8 Å². The molecular formula is C21H19ClN4O5. The number of primary amides is 1. The monoisotopic (exact) mass is 442 g/mol. The van der Waals surface area contributed by atoms with E-state index in [0.717, 1.165) is 0 Å². The molecule has 4 rings (SSSR count). The van der Waals surface area contributed by atoms with Gasteiger partial charge in [0.2, 0.25) is 5.91 Å². The van der Waals surface area contributed by atoms with Crippen LogP contribution in [0.15, 0.2) is 36.4 Å². The maximum Gasteiger partial charge on any atom is 0.311 e. The average Bonchev–Trinajstić information content (AvgIpc) is 2.87. The zero-order valence-electron chi connectivity index (χ0n) is 16.6. The van der Waals surface area contributed by atoms with Crippen molar-refractivity contribution in [1.29, 1.82) is 0 Å². The molecule has 2 aliphatic rings. The number of carbonyl (C=O) groups excluding carboxylic acids is 4. The number of amides is 4. The van der Waals surface area contributed by atoms with E-state index in [1.54, 1.807) is 43.5 Å². The normalized spacial score (nSPS) is 17.9. The van der Waals surface area contributed by atoms with Gasteiger partial charge in [0, 0.05) is 23.7 Å². The topological polar surface area (TPSA) is 122 Å². The van der Waals surface area contributed by atoms with Gasteiger partial charge in [-0.2, -0.15) is 0 Å². The highest BCUT2D eigenvalue weighted by Gasteiger charge is 2.41.